The van der Waals surface area contributed by atoms with Gasteiger partial charge in [0, 0.05) is 48.8 Å². The summed E-state index contributed by atoms with van der Waals surface area (Å²) in [5, 5.41) is 4.81. The molecule has 7 heteroatoms. The van der Waals surface area contributed by atoms with E-state index >= 15 is 0 Å². The van der Waals surface area contributed by atoms with Crippen molar-refractivity contribution in [1.29, 1.82) is 0 Å². The summed E-state index contributed by atoms with van der Waals surface area (Å²) < 4.78 is 42.2. The van der Waals surface area contributed by atoms with Crippen molar-refractivity contribution in [2.24, 2.45) is 0 Å². The van der Waals surface area contributed by atoms with Gasteiger partial charge in [-0.15, -0.1) is 0 Å². The lowest BCUT2D eigenvalue weighted by Gasteiger charge is -2.23. The minimum absolute atomic E-state index is 0.517. The third kappa shape index (κ3) is 7.52. The molecule has 0 bridgehead atoms. The normalized spacial score (nSPS) is 14.8. The van der Waals surface area contributed by atoms with Crippen LogP contribution < -0.4 is 5.32 Å². The van der Waals surface area contributed by atoms with Crippen molar-refractivity contribution in [3.05, 3.63) is 95.9 Å². The number of nitrogens with zero attached hydrogens (tertiary/aromatic N) is 3. The van der Waals surface area contributed by atoms with E-state index in [-0.39, 0.29) is 0 Å². The number of unbranched alkanes of at least 4 members (excludes halogenated alkanes) is 2. The number of fused-ring (bicyclic) bond motifs is 1. The van der Waals surface area contributed by atoms with Gasteiger partial charge in [0.2, 0.25) is 0 Å². The van der Waals surface area contributed by atoms with E-state index in [0.29, 0.717) is 11.7 Å². The Morgan fingerprint density at radius 3 is 2.48 bits per heavy atom. The van der Waals surface area contributed by atoms with Crippen molar-refractivity contribution in [1.82, 2.24) is 19.8 Å². The molecule has 1 saturated carbocycles. The van der Waals surface area contributed by atoms with E-state index < -0.39 is 11.7 Å². The van der Waals surface area contributed by atoms with E-state index in [2.05, 4.69) is 21.3 Å². The Kier molecular flexibility index (Phi) is 9.55. The Hall–Kier alpha value is -3.16. The minimum Gasteiger partial charge on any atom is -0.316 e. The Morgan fingerprint density at radius 2 is 1.68 bits per heavy atom. The molecule has 0 aliphatic heterocycles. The van der Waals surface area contributed by atoms with Gasteiger partial charge in [-0.1, -0.05) is 49.9 Å². The fourth-order valence-electron chi connectivity index (χ4n) is 5.87. The van der Waals surface area contributed by atoms with E-state index in [1.54, 1.807) is 6.07 Å². The number of rotatable bonds is 12. The molecule has 0 saturated heterocycles. The molecule has 0 radical (unpaired) electrons. The monoisotopic (exact) mass is 548 g/mol. The van der Waals surface area contributed by atoms with Gasteiger partial charge < -0.3 is 9.88 Å². The Bertz CT molecular complexity index is 1340. The fourth-order valence-corrected chi connectivity index (χ4v) is 5.87. The second-order valence-electron chi connectivity index (χ2n) is 11.0. The maximum atomic E-state index is 13.4. The highest BCUT2D eigenvalue weighted by Crippen LogP contribution is 2.32. The number of benzene rings is 2. The van der Waals surface area contributed by atoms with Crippen LogP contribution in [0.3, 0.4) is 0 Å². The summed E-state index contributed by atoms with van der Waals surface area (Å²) in [5.74, 6) is 0. The number of hydrogen-bond acceptors (Lipinski definition) is 3. The average molecular weight is 549 g/mol. The fraction of sp³-hybridized carbons (Fsp3) is 0.424. The predicted octanol–water partition coefficient (Wildman–Crippen LogP) is 8.14. The first-order valence-corrected chi connectivity index (χ1v) is 14.6. The summed E-state index contributed by atoms with van der Waals surface area (Å²) in [6.07, 6.45) is 11.4. The quantitative estimate of drug-likeness (QED) is 0.181. The maximum Gasteiger partial charge on any atom is 0.416 e. The lowest BCUT2D eigenvalue weighted by molar-refractivity contribution is -0.137. The first-order valence-electron chi connectivity index (χ1n) is 14.6. The number of nitrogens with one attached hydrogen (secondary N) is 1. The van der Waals surface area contributed by atoms with Gasteiger partial charge in [-0.3, -0.25) is 9.88 Å². The summed E-state index contributed by atoms with van der Waals surface area (Å²) in [6, 6.07) is 18.3. The van der Waals surface area contributed by atoms with Crippen LogP contribution in [0.25, 0.3) is 16.6 Å². The zero-order valence-electron chi connectivity index (χ0n) is 23.0. The molecule has 4 nitrogen and oxygen atoms in total. The summed E-state index contributed by atoms with van der Waals surface area (Å²) in [4.78, 5) is 6.61. The predicted molar refractivity (Wildman–Crippen MR) is 155 cm³/mol. The van der Waals surface area contributed by atoms with Gasteiger partial charge >= 0.3 is 6.18 Å². The Morgan fingerprint density at radius 1 is 0.875 bits per heavy atom. The first-order chi connectivity index (χ1) is 19.5. The van der Waals surface area contributed by atoms with E-state index in [0.717, 1.165) is 55.1 Å². The van der Waals surface area contributed by atoms with E-state index in [1.807, 2.05) is 53.5 Å². The van der Waals surface area contributed by atoms with E-state index in [4.69, 9.17) is 0 Å². The molecule has 0 unspecified atom stereocenters. The van der Waals surface area contributed by atoms with Crippen LogP contribution >= 0.6 is 0 Å². The van der Waals surface area contributed by atoms with Crippen molar-refractivity contribution in [2.45, 2.75) is 76.7 Å². The number of halogens is 3. The van der Waals surface area contributed by atoms with Gasteiger partial charge in [0.1, 0.15) is 0 Å². The highest BCUT2D eigenvalue weighted by Gasteiger charge is 2.30. The van der Waals surface area contributed by atoms with Crippen LogP contribution in [0, 0.1) is 0 Å². The van der Waals surface area contributed by atoms with Crippen molar-refractivity contribution in [2.75, 3.05) is 13.1 Å². The van der Waals surface area contributed by atoms with Gasteiger partial charge in [0.15, 0.2) is 0 Å². The summed E-state index contributed by atoms with van der Waals surface area (Å²) in [7, 11) is 0. The molecule has 2 aromatic heterocycles. The highest BCUT2D eigenvalue weighted by molar-refractivity contribution is 5.85. The van der Waals surface area contributed by atoms with Gasteiger partial charge in [-0.25, -0.2) is 0 Å². The average Bonchev–Trinajstić information content (AvgIpc) is 3.34. The summed E-state index contributed by atoms with van der Waals surface area (Å²) in [5.41, 5.74) is 3.11. The molecule has 1 fully saturated rings. The van der Waals surface area contributed by atoms with Gasteiger partial charge in [-0.05, 0) is 86.3 Å². The summed E-state index contributed by atoms with van der Waals surface area (Å²) in [6.45, 7) is 3.55. The minimum atomic E-state index is -4.38. The molecule has 0 amide bonds. The maximum absolute atomic E-state index is 13.4. The molecule has 0 spiro atoms. The van der Waals surface area contributed by atoms with E-state index in [9.17, 15) is 13.2 Å². The van der Waals surface area contributed by atoms with Crippen LogP contribution in [-0.2, 0) is 19.3 Å². The highest BCUT2D eigenvalue weighted by atomic mass is 19.4. The van der Waals surface area contributed by atoms with Crippen LogP contribution in [0.1, 0.15) is 68.1 Å². The second kappa shape index (κ2) is 13.5. The smallest absolute Gasteiger partial charge is 0.316 e. The Labute approximate surface area is 235 Å². The van der Waals surface area contributed by atoms with Crippen LogP contribution in [0.4, 0.5) is 13.2 Å². The van der Waals surface area contributed by atoms with E-state index in [1.165, 1.54) is 62.6 Å². The molecule has 40 heavy (non-hydrogen) atoms. The molecule has 4 aromatic rings. The van der Waals surface area contributed by atoms with Crippen LogP contribution in [0.5, 0.6) is 0 Å². The standard InChI is InChI=1S/C33H39F3N4/c34-33(35,36)28-10-9-13-30(22-28)40-25-27(31-14-5-6-15-32(31)40)24-39(23-26-16-19-37-20-17-26)21-8-2-7-18-38-29-11-3-1-4-12-29/h5-6,9-10,13-17,19-20,22,25,29,38H,1-4,7-8,11-12,18,21,23-24H2. The molecule has 2 heterocycles. The van der Waals surface area contributed by atoms with Crippen molar-refractivity contribution >= 4 is 10.9 Å². The van der Waals surface area contributed by atoms with Crippen molar-refractivity contribution in [3.8, 4) is 5.69 Å². The lowest BCUT2D eigenvalue weighted by Crippen LogP contribution is -2.31. The van der Waals surface area contributed by atoms with Gasteiger partial charge in [0.05, 0.1) is 11.1 Å². The molecule has 5 rings (SSSR count). The molecule has 2 aromatic carbocycles. The third-order valence-electron chi connectivity index (χ3n) is 7.98. The molecule has 1 N–H and O–H groups in total. The largest absolute Gasteiger partial charge is 0.416 e. The van der Waals surface area contributed by atoms with Gasteiger partial charge in [-0.2, -0.15) is 13.2 Å². The van der Waals surface area contributed by atoms with Crippen LogP contribution in [0.15, 0.2) is 79.3 Å². The lowest BCUT2D eigenvalue weighted by atomic mass is 9.95. The number of hydrogen-bond donors (Lipinski definition) is 1. The number of aromatic nitrogens is 2. The topological polar surface area (TPSA) is 33.1 Å². The molecular weight excluding hydrogens is 509 g/mol. The molecule has 0 atom stereocenters. The first kappa shape index (κ1) is 28.4. The number of pyridine rings is 1. The second-order valence-corrected chi connectivity index (χ2v) is 11.0. The van der Waals surface area contributed by atoms with Crippen LogP contribution in [-0.4, -0.2) is 33.6 Å². The van der Waals surface area contributed by atoms with Gasteiger partial charge in [0.25, 0.3) is 0 Å². The Balaban J connectivity index is 1.30. The molecule has 212 valence electrons. The van der Waals surface area contributed by atoms with Crippen LogP contribution in [0.2, 0.25) is 0 Å². The SMILES string of the molecule is FC(F)(F)c1cccc(-n2cc(CN(CCCCCNC3CCCCC3)Cc3ccncc3)c3ccccc32)c1. The molecule has 1 aliphatic rings. The zero-order valence-corrected chi connectivity index (χ0v) is 23.0. The number of para-hydroxylation sites is 1. The zero-order chi connectivity index (χ0) is 27.8. The van der Waals surface area contributed by atoms with Crippen molar-refractivity contribution in [3.63, 3.8) is 0 Å². The molecular formula is C33H39F3N4. The van der Waals surface area contributed by atoms with Crippen molar-refractivity contribution < 1.29 is 13.2 Å². The third-order valence-corrected chi connectivity index (χ3v) is 7.98. The summed E-state index contributed by atoms with van der Waals surface area (Å²) >= 11 is 0. The number of alkyl halides is 3. The molecule has 1 aliphatic carbocycles.